The van der Waals surface area contributed by atoms with Gasteiger partial charge in [-0.25, -0.2) is 9.37 Å². The molecule has 0 amide bonds. The van der Waals surface area contributed by atoms with Crippen LogP contribution in [0, 0.1) is 12.7 Å². The number of nitrogens with two attached hydrogens (primary N) is 1. The van der Waals surface area contributed by atoms with E-state index in [1.165, 1.54) is 12.1 Å². The third-order valence-corrected chi connectivity index (χ3v) is 2.95. The van der Waals surface area contributed by atoms with E-state index in [2.05, 4.69) is 4.98 Å². The van der Waals surface area contributed by atoms with Crippen LogP contribution < -0.4 is 10.6 Å². The number of pyridine rings is 1. The van der Waals surface area contributed by atoms with E-state index in [1.54, 1.807) is 6.07 Å². The number of hydrogen-bond acceptors (Lipinski definition) is 3. The smallest absolute Gasteiger partial charge is 0.133 e. The van der Waals surface area contributed by atoms with Crippen LogP contribution in [0.5, 0.6) is 0 Å². The first-order valence-corrected chi connectivity index (χ1v) is 6.34. The summed E-state index contributed by atoms with van der Waals surface area (Å²) < 4.78 is 13.3. The molecule has 0 aliphatic heterocycles. The van der Waals surface area contributed by atoms with Crippen LogP contribution in [0.2, 0.25) is 0 Å². The Morgan fingerprint density at radius 1 is 1.26 bits per heavy atom. The topological polar surface area (TPSA) is 42.1 Å². The lowest BCUT2D eigenvalue weighted by atomic mass is 10.2. The Morgan fingerprint density at radius 3 is 2.68 bits per heavy atom. The van der Waals surface area contributed by atoms with E-state index in [1.807, 2.05) is 36.9 Å². The molecule has 3 nitrogen and oxygen atoms in total. The maximum atomic E-state index is 13.3. The molecule has 0 spiro atoms. The SMILES string of the molecule is CCN(c1cccc(F)c1)c1cc(CN)cc(C)n1. The third kappa shape index (κ3) is 3.09. The van der Waals surface area contributed by atoms with Crippen LogP contribution in [-0.4, -0.2) is 11.5 Å². The number of benzene rings is 1. The van der Waals surface area contributed by atoms with Gasteiger partial charge in [-0.3, -0.25) is 0 Å². The Labute approximate surface area is 112 Å². The number of anilines is 2. The molecule has 0 saturated heterocycles. The monoisotopic (exact) mass is 259 g/mol. The molecule has 2 N–H and O–H groups in total. The number of halogens is 1. The van der Waals surface area contributed by atoms with Crippen LogP contribution in [0.3, 0.4) is 0 Å². The van der Waals surface area contributed by atoms with Crippen molar-refractivity contribution in [3.8, 4) is 0 Å². The molecule has 0 atom stereocenters. The molecular formula is C15H18FN3. The van der Waals surface area contributed by atoms with Crippen molar-refractivity contribution in [2.75, 3.05) is 11.4 Å². The highest BCUT2D eigenvalue weighted by atomic mass is 19.1. The van der Waals surface area contributed by atoms with Gasteiger partial charge in [0.25, 0.3) is 0 Å². The molecule has 0 aliphatic carbocycles. The first kappa shape index (κ1) is 13.5. The minimum atomic E-state index is -0.248. The molecule has 1 heterocycles. The van der Waals surface area contributed by atoms with E-state index in [0.717, 1.165) is 22.8 Å². The van der Waals surface area contributed by atoms with Crippen molar-refractivity contribution in [1.82, 2.24) is 4.98 Å². The molecule has 1 aromatic heterocycles. The summed E-state index contributed by atoms with van der Waals surface area (Å²) in [6, 6.07) is 10.4. The number of nitrogens with zero attached hydrogens (tertiary/aromatic N) is 2. The molecule has 19 heavy (non-hydrogen) atoms. The first-order chi connectivity index (χ1) is 9.13. The van der Waals surface area contributed by atoms with Crippen molar-refractivity contribution in [2.45, 2.75) is 20.4 Å². The summed E-state index contributed by atoms with van der Waals surface area (Å²) in [5.41, 5.74) is 8.42. The molecule has 0 bridgehead atoms. The highest BCUT2D eigenvalue weighted by Crippen LogP contribution is 2.25. The molecule has 0 radical (unpaired) electrons. The highest BCUT2D eigenvalue weighted by Gasteiger charge is 2.10. The first-order valence-electron chi connectivity index (χ1n) is 6.34. The standard InChI is InChI=1S/C15H18FN3/c1-3-19(14-6-4-5-13(16)9-14)15-8-12(10-17)7-11(2)18-15/h4-9H,3,10,17H2,1-2H3. The predicted molar refractivity (Wildman–Crippen MR) is 75.9 cm³/mol. The lowest BCUT2D eigenvalue weighted by Crippen LogP contribution is -2.18. The Balaban J connectivity index is 2.44. The van der Waals surface area contributed by atoms with Crippen molar-refractivity contribution in [3.05, 3.63) is 53.5 Å². The fourth-order valence-electron chi connectivity index (χ4n) is 2.10. The summed E-state index contributed by atoms with van der Waals surface area (Å²) in [6.45, 7) is 5.13. The third-order valence-electron chi connectivity index (χ3n) is 2.95. The summed E-state index contributed by atoms with van der Waals surface area (Å²) in [6.07, 6.45) is 0. The average molecular weight is 259 g/mol. The molecule has 0 aliphatic rings. The van der Waals surface area contributed by atoms with Crippen LogP contribution in [0.25, 0.3) is 0 Å². The van der Waals surface area contributed by atoms with Gasteiger partial charge in [0, 0.05) is 24.5 Å². The fraction of sp³-hybridized carbons (Fsp3) is 0.267. The van der Waals surface area contributed by atoms with E-state index < -0.39 is 0 Å². The number of aryl methyl sites for hydroxylation is 1. The summed E-state index contributed by atoms with van der Waals surface area (Å²) in [4.78, 5) is 6.47. The molecule has 1 aromatic carbocycles. The second-order valence-electron chi connectivity index (χ2n) is 4.40. The van der Waals surface area contributed by atoms with Gasteiger partial charge in [-0.1, -0.05) is 6.07 Å². The van der Waals surface area contributed by atoms with Crippen LogP contribution in [0.4, 0.5) is 15.9 Å². The maximum Gasteiger partial charge on any atom is 0.133 e. The Morgan fingerprint density at radius 2 is 2.05 bits per heavy atom. The van der Waals surface area contributed by atoms with E-state index in [9.17, 15) is 4.39 Å². The molecule has 2 aromatic rings. The highest BCUT2D eigenvalue weighted by molar-refractivity contribution is 5.60. The number of aromatic nitrogens is 1. The van der Waals surface area contributed by atoms with Gasteiger partial charge in [-0.05, 0) is 49.7 Å². The van der Waals surface area contributed by atoms with E-state index in [-0.39, 0.29) is 5.82 Å². The van der Waals surface area contributed by atoms with Gasteiger partial charge in [-0.15, -0.1) is 0 Å². The second-order valence-corrected chi connectivity index (χ2v) is 4.40. The zero-order valence-electron chi connectivity index (χ0n) is 11.2. The average Bonchev–Trinajstić information content (AvgIpc) is 2.39. The summed E-state index contributed by atoms with van der Waals surface area (Å²) >= 11 is 0. The van der Waals surface area contributed by atoms with E-state index in [4.69, 9.17) is 5.73 Å². The van der Waals surface area contributed by atoms with Gasteiger partial charge >= 0.3 is 0 Å². The van der Waals surface area contributed by atoms with Gasteiger partial charge in [0.1, 0.15) is 11.6 Å². The minimum Gasteiger partial charge on any atom is -0.327 e. The zero-order valence-corrected chi connectivity index (χ0v) is 11.2. The second kappa shape index (κ2) is 5.80. The van der Waals surface area contributed by atoms with Gasteiger partial charge in [0.2, 0.25) is 0 Å². The minimum absolute atomic E-state index is 0.248. The summed E-state index contributed by atoms with van der Waals surface area (Å²) in [7, 11) is 0. The predicted octanol–water partition coefficient (Wildman–Crippen LogP) is 3.15. The summed E-state index contributed by atoms with van der Waals surface area (Å²) in [5.74, 6) is 0.552. The van der Waals surface area contributed by atoms with Gasteiger partial charge in [0.15, 0.2) is 0 Å². The van der Waals surface area contributed by atoms with Gasteiger partial charge in [-0.2, -0.15) is 0 Å². The normalized spacial score (nSPS) is 10.5. The Hall–Kier alpha value is -1.94. The van der Waals surface area contributed by atoms with E-state index in [0.29, 0.717) is 13.1 Å². The zero-order chi connectivity index (χ0) is 13.8. The van der Waals surface area contributed by atoms with E-state index >= 15 is 0 Å². The lowest BCUT2D eigenvalue weighted by molar-refractivity contribution is 0.627. The maximum absolute atomic E-state index is 13.3. The van der Waals surface area contributed by atoms with Crippen molar-refractivity contribution >= 4 is 11.5 Å². The molecular weight excluding hydrogens is 241 g/mol. The van der Waals surface area contributed by atoms with Crippen LogP contribution in [0.15, 0.2) is 36.4 Å². The van der Waals surface area contributed by atoms with Gasteiger partial charge in [0.05, 0.1) is 0 Å². The molecule has 4 heteroatoms. The van der Waals surface area contributed by atoms with Crippen molar-refractivity contribution in [2.24, 2.45) is 5.73 Å². The Bertz CT molecular complexity index is 569. The van der Waals surface area contributed by atoms with Crippen molar-refractivity contribution in [1.29, 1.82) is 0 Å². The largest absolute Gasteiger partial charge is 0.327 e. The number of rotatable bonds is 4. The quantitative estimate of drug-likeness (QED) is 0.917. The van der Waals surface area contributed by atoms with Crippen LogP contribution in [-0.2, 0) is 6.54 Å². The van der Waals surface area contributed by atoms with Crippen molar-refractivity contribution in [3.63, 3.8) is 0 Å². The molecule has 100 valence electrons. The summed E-state index contributed by atoms with van der Waals surface area (Å²) in [5, 5.41) is 0. The molecule has 0 unspecified atom stereocenters. The molecule has 0 saturated carbocycles. The van der Waals surface area contributed by atoms with Gasteiger partial charge < -0.3 is 10.6 Å². The van der Waals surface area contributed by atoms with Crippen LogP contribution in [0.1, 0.15) is 18.2 Å². The van der Waals surface area contributed by atoms with Crippen LogP contribution >= 0.6 is 0 Å². The molecule has 0 fully saturated rings. The Kier molecular flexibility index (Phi) is 4.12. The molecule has 2 rings (SSSR count). The number of hydrogen-bond donors (Lipinski definition) is 1. The lowest BCUT2D eigenvalue weighted by Gasteiger charge is -2.23. The van der Waals surface area contributed by atoms with Crippen molar-refractivity contribution < 1.29 is 4.39 Å². The fourth-order valence-corrected chi connectivity index (χ4v) is 2.10.